The maximum Gasteiger partial charge on any atom is 0.276 e. The molecule has 0 amide bonds. The minimum atomic E-state index is -0.177. The molecule has 0 radical (unpaired) electrons. The first-order valence-electron chi connectivity index (χ1n) is 7.30. The summed E-state index contributed by atoms with van der Waals surface area (Å²) >= 11 is 0. The molecule has 0 aromatic carbocycles. The van der Waals surface area contributed by atoms with Gasteiger partial charge in [-0.05, 0) is 26.7 Å². The van der Waals surface area contributed by atoms with Crippen LogP contribution < -0.4 is 16.1 Å². The van der Waals surface area contributed by atoms with E-state index in [2.05, 4.69) is 9.98 Å². The summed E-state index contributed by atoms with van der Waals surface area (Å²) in [6.45, 7) is 3.76. The van der Waals surface area contributed by atoms with E-state index < -0.39 is 0 Å². The van der Waals surface area contributed by atoms with Crippen molar-refractivity contribution in [3.63, 3.8) is 0 Å². The van der Waals surface area contributed by atoms with Crippen LogP contribution in [0.15, 0.2) is 16.0 Å². The van der Waals surface area contributed by atoms with E-state index >= 15 is 0 Å². The van der Waals surface area contributed by atoms with Crippen LogP contribution in [0.25, 0.3) is 11.7 Å². The van der Waals surface area contributed by atoms with Crippen LogP contribution in [0.4, 0.5) is 0 Å². The van der Waals surface area contributed by atoms with Gasteiger partial charge in [0, 0.05) is 29.6 Å². The molecule has 21 heavy (non-hydrogen) atoms. The maximum atomic E-state index is 12.0. The summed E-state index contributed by atoms with van der Waals surface area (Å²) in [5.41, 5.74) is 3.47. The lowest BCUT2D eigenvalue weighted by atomic mass is 9.94. The Morgan fingerprint density at radius 1 is 1.43 bits per heavy atom. The van der Waals surface area contributed by atoms with Crippen LogP contribution in [0.5, 0.6) is 0 Å². The summed E-state index contributed by atoms with van der Waals surface area (Å²) in [6, 6.07) is 0. The molecule has 2 aliphatic rings. The van der Waals surface area contributed by atoms with Crippen molar-refractivity contribution in [2.45, 2.75) is 38.9 Å². The molecule has 2 unspecified atom stereocenters. The molecule has 0 N–H and O–H groups in total. The van der Waals surface area contributed by atoms with Gasteiger partial charge in [0.2, 0.25) is 0 Å². The number of ether oxygens (including phenoxy) is 1. The first-order chi connectivity index (χ1) is 10.2. The summed E-state index contributed by atoms with van der Waals surface area (Å²) < 4.78 is 8.10. The topological polar surface area (TPSA) is 56.0 Å². The fourth-order valence-corrected chi connectivity index (χ4v) is 3.63. The highest BCUT2D eigenvalue weighted by Gasteiger charge is 2.41. The molecule has 2 aromatic rings. The monoisotopic (exact) mass is 283 g/mol. The van der Waals surface area contributed by atoms with Gasteiger partial charge in [-0.15, -0.1) is 0 Å². The van der Waals surface area contributed by atoms with E-state index in [0.717, 1.165) is 29.1 Å². The summed E-state index contributed by atoms with van der Waals surface area (Å²) in [7, 11) is 1.79. The molecule has 2 atom stereocenters. The lowest BCUT2D eigenvalue weighted by Gasteiger charge is -2.17. The van der Waals surface area contributed by atoms with Crippen LogP contribution in [-0.2, 0) is 4.74 Å². The molecule has 0 saturated carbocycles. The Bertz CT molecular complexity index is 943. The van der Waals surface area contributed by atoms with Crippen molar-refractivity contribution in [2.75, 3.05) is 7.05 Å². The minimum Gasteiger partial charge on any atom is -0.364 e. The van der Waals surface area contributed by atoms with E-state index in [4.69, 9.17) is 4.74 Å². The second-order valence-corrected chi connectivity index (χ2v) is 5.69. The van der Waals surface area contributed by atoms with Crippen molar-refractivity contribution < 1.29 is 4.74 Å². The number of nitrogens with zero attached hydrogens (tertiary/aromatic N) is 3. The van der Waals surface area contributed by atoms with Crippen LogP contribution in [-0.4, -0.2) is 16.4 Å². The SMILES string of the molecule is C/C=c1\c(=NC)c2c(n3cc(C)c(=O)nc13)C1CCC2O1. The molecule has 0 spiro atoms. The predicted octanol–water partition coefficient (Wildman–Crippen LogP) is 0.959. The average molecular weight is 283 g/mol. The molecule has 1 fully saturated rings. The van der Waals surface area contributed by atoms with E-state index in [0.29, 0.717) is 11.2 Å². The van der Waals surface area contributed by atoms with Crippen LogP contribution >= 0.6 is 0 Å². The van der Waals surface area contributed by atoms with Crippen molar-refractivity contribution in [2.24, 2.45) is 4.99 Å². The molecule has 0 aliphatic carbocycles. The lowest BCUT2D eigenvalue weighted by molar-refractivity contribution is 0.0696. The Kier molecular flexibility index (Phi) is 2.57. The third-order valence-electron chi connectivity index (χ3n) is 4.54. The second-order valence-electron chi connectivity index (χ2n) is 5.69. The molecule has 2 aromatic heterocycles. The molecule has 4 heterocycles. The van der Waals surface area contributed by atoms with Crippen molar-refractivity contribution >= 4 is 11.7 Å². The van der Waals surface area contributed by atoms with Crippen LogP contribution in [0.2, 0.25) is 0 Å². The maximum absolute atomic E-state index is 12.0. The van der Waals surface area contributed by atoms with Crippen molar-refractivity contribution in [3.05, 3.63) is 43.9 Å². The van der Waals surface area contributed by atoms with E-state index in [9.17, 15) is 4.79 Å². The highest BCUT2D eigenvalue weighted by molar-refractivity contribution is 5.51. The molecular formula is C16H17N3O2. The van der Waals surface area contributed by atoms with Gasteiger partial charge < -0.3 is 9.14 Å². The Balaban J connectivity index is 2.33. The standard InChI is InChI=1S/C16H17N3O2/c1-4-9-13(17-3)12-10-5-6-11(21-10)14(12)19-7-8(2)16(20)18-15(9)19/h4,7,10-11H,5-6H2,1-3H3/b9-4+,17-13?. The Morgan fingerprint density at radius 3 is 2.90 bits per heavy atom. The normalized spacial score (nSPS) is 25.1. The molecule has 2 aliphatic heterocycles. The zero-order chi connectivity index (χ0) is 14.7. The van der Waals surface area contributed by atoms with Gasteiger partial charge in [0.1, 0.15) is 5.65 Å². The van der Waals surface area contributed by atoms with Gasteiger partial charge in [-0.25, -0.2) is 0 Å². The van der Waals surface area contributed by atoms with Gasteiger partial charge >= 0.3 is 0 Å². The Morgan fingerprint density at radius 2 is 2.19 bits per heavy atom. The van der Waals surface area contributed by atoms with Crippen LogP contribution in [0.3, 0.4) is 0 Å². The average Bonchev–Trinajstić information content (AvgIpc) is 3.09. The third-order valence-corrected chi connectivity index (χ3v) is 4.54. The first-order valence-corrected chi connectivity index (χ1v) is 7.30. The van der Waals surface area contributed by atoms with Crippen molar-refractivity contribution in [1.29, 1.82) is 0 Å². The number of aromatic nitrogens is 2. The van der Waals surface area contributed by atoms with E-state index in [1.807, 2.05) is 23.6 Å². The quantitative estimate of drug-likeness (QED) is 0.723. The summed E-state index contributed by atoms with van der Waals surface area (Å²) in [4.78, 5) is 20.7. The minimum absolute atomic E-state index is 0.0996. The number of hydrogen-bond acceptors (Lipinski definition) is 4. The molecule has 108 valence electrons. The lowest BCUT2D eigenvalue weighted by Crippen LogP contribution is -2.36. The molecule has 1 saturated heterocycles. The summed E-state index contributed by atoms with van der Waals surface area (Å²) in [5, 5.41) is 1.85. The van der Waals surface area contributed by atoms with Crippen molar-refractivity contribution in [3.8, 4) is 0 Å². The fourth-order valence-electron chi connectivity index (χ4n) is 3.63. The van der Waals surface area contributed by atoms with Gasteiger partial charge in [-0.1, -0.05) is 6.08 Å². The number of fused-ring (bicyclic) bond motifs is 7. The number of aryl methyl sites for hydroxylation is 1. The molecular weight excluding hydrogens is 266 g/mol. The summed E-state index contributed by atoms with van der Waals surface area (Å²) in [5.74, 6) is 0. The van der Waals surface area contributed by atoms with Gasteiger partial charge in [0.25, 0.3) is 5.56 Å². The van der Waals surface area contributed by atoms with E-state index in [1.165, 1.54) is 5.56 Å². The van der Waals surface area contributed by atoms with E-state index in [1.54, 1.807) is 14.0 Å². The van der Waals surface area contributed by atoms with Crippen LogP contribution in [0, 0.1) is 6.92 Å². The van der Waals surface area contributed by atoms with Gasteiger partial charge in [0.05, 0.1) is 23.3 Å². The molecule has 4 rings (SSSR count). The highest BCUT2D eigenvalue weighted by Crippen LogP contribution is 2.48. The molecule has 5 nitrogen and oxygen atoms in total. The predicted molar refractivity (Wildman–Crippen MR) is 78.8 cm³/mol. The van der Waals surface area contributed by atoms with Gasteiger partial charge in [0.15, 0.2) is 0 Å². The largest absolute Gasteiger partial charge is 0.364 e. The zero-order valence-electron chi connectivity index (χ0n) is 12.4. The Labute approximate surface area is 121 Å². The smallest absolute Gasteiger partial charge is 0.276 e. The fraction of sp³-hybridized carbons (Fsp3) is 0.438. The molecule has 2 bridgehead atoms. The second kappa shape index (κ2) is 4.24. The number of hydrogen-bond donors (Lipinski definition) is 0. The summed E-state index contributed by atoms with van der Waals surface area (Å²) in [6.07, 6.45) is 6.16. The Hall–Kier alpha value is -2.01. The molecule has 5 heteroatoms. The van der Waals surface area contributed by atoms with E-state index in [-0.39, 0.29) is 17.8 Å². The highest BCUT2D eigenvalue weighted by atomic mass is 16.5. The van der Waals surface area contributed by atoms with Gasteiger partial charge in [-0.3, -0.25) is 9.79 Å². The van der Waals surface area contributed by atoms with Crippen molar-refractivity contribution in [1.82, 2.24) is 9.38 Å². The zero-order valence-corrected chi connectivity index (χ0v) is 12.4. The number of rotatable bonds is 0. The number of pyridine rings is 1. The third kappa shape index (κ3) is 1.52. The first kappa shape index (κ1) is 12.7. The van der Waals surface area contributed by atoms with Crippen LogP contribution in [0.1, 0.15) is 48.8 Å². The van der Waals surface area contributed by atoms with Gasteiger partial charge in [-0.2, -0.15) is 4.98 Å².